The molecule has 3 heterocycles. The zero-order chi connectivity index (χ0) is 17.6. The molecule has 2 aromatic rings. The number of benzene rings is 1. The summed E-state index contributed by atoms with van der Waals surface area (Å²) in [4.78, 5) is 2.50. The third-order valence-corrected chi connectivity index (χ3v) is 5.50. The highest BCUT2D eigenvalue weighted by molar-refractivity contribution is 5.49. The monoisotopic (exact) mass is 341 g/mol. The van der Waals surface area contributed by atoms with Crippen molar-refractivity contribution in [3.63, 3.8) is 0 Å². The number of ether oxygens (including phenoxy) is 1. The fourth-order valence-corrected chi connectivity index (χ4v) is 4.31. The summed E-state index contributed by atoms with van der Waals surface area (Å²) < 4.78 is 11.5. The number of hydrogen-bond acceptors (Lipinski definition) is 4. The van der Waals surface area contributed by atoms with E-state index in [0.717, 1.165) is 50.3 Å². The number of hydrogen-bond donors (Lipinski definition) is 1. The highest BCUT2D eigenvalue weighted by Crippen LogP contribution is 2.42. The molecule has 4 rings (SSSR count). The predicted molar refractivity (Wildman–Crippen MR) is 97.1 cm³/mol. The molecule has 4 nitrogen and oxygen atoms in total. The maximum Gasteiger partial charge on any atom is 0.160 e. The van der Waals surface area contributed by atoms with Crippen LogP contribution in [0.25, 0.3) is 0 Å². The van der Waals surface area contributed by atoms with Crippen LogP contribution < -0.4 is 4.74 Å². The van der Waals surface area contributed by atoms with Crippen LogP contribution >= 0.6 is 0 Å². The predicted octanol–water partition coefficient (Wildman–Crippen LogP) is 4.24. The smallest absolute Gasteiger partial charge is 0.160 e. The second-order valence-electron chi connectivity index (χ2n) is 7.76. The standard InChI is InChI=1S/C21H27NO3/c1-13(2)8-16-9-15-4-5-18-17-11-19(23)20(24-3)10-14(17)6-7-22(18)12-21(15)25-16/h9-11,13,18,23H,4-8,12H2,1-3H3/t18-/m0/s1. The van der Waals surface area contributed by atoms with Gasteiger partial charge in [-0.2, -0.15) is 0 Å². The number of furan rings is 1. The van der Waals surface area contributed by atoms with Crippen molar-refractivity contribution in [2.24, 2.45) is 5.92 Å². The molecule has 0 unspecified atom stereocenters. The van der Waals surface area contributed by atoms with Crippen LogP contribution in [0.15, 0.2) is 22.6 Å². The molecule has 0 fully saturated rings. The first-order valence-corrected chi connectivity index (χ1v) is 9.29. The van der Waals surface area contributed by atoms with Gasteiger partial charge in [0.2, 0.25) is 0 Å². The number of fused-ring (bicyclic) bond motifs is 4. The van der Waals surface area contributed by atoms with Crippen LogP contribution in [0.4, 0.5) is 0 Å². The van der Waals surface area contributed by atoms with E-state index in [1.54, 1.807) is 7.11 Å². The Morgan fingerprint density at radius 2 is 2.08 bits per heavy atom. The van der Waals surface area contributed by atoms with Crippen LogP contribution in [-0.4, -0.2) is 23.7 Å². The zero-order valence-corrected chi connectivity index (χ0v) is 15.3. The van der Waals surface area contributed by atoms with E-state index in [-0.39, 0.29) is 5.75 Å². The molecular weight excluding hydrogens is 314 g/mol. The van der Waals surface area contributed by atoms with E-state index < -0.39 is 0 Å². The molecule has 0 radical (unpaired) electrons. The molecular formula is C21H27NO3. The van der Waals surface area contributed by atoms with Crippen molar-refractivity contribution in [3.8, 4) is 11.5 Å². The largest absolute Gasteiger partial charge is 0.504 e. The van der Waals surface area contributed by atoms with E-state index >= 15 is 0 Å². The Morgan fingerprint density at radius 3 is 2.84 bits per heavy atom. The summed E-state index contributed by atoms with van der Waals surface area (Å²) >= 11 is 0. The van der Waals surface area contributed by atoms with Gasteiger partial charge in [0.15, 0.2) is 11.5 Å². The minimum absolute atomic E-state index is 0.239. The molecule has 1 aromatic heterocycles. The molecule has 0 saturated heterocycles. The lowest BCUT2D eigenvalue weighted by atomic mass is 9.89. The van der Waals surface area contributed by atoms with Crippen molar-refractivity contribution in [1.29, 1.82) is 0 Å². The van der Waals surface area contributed by atoms with Crippen LogP contribution in [0.2, 0.25) is 0 Å². The molecule has 1 aromatic carbocycles. The highest BCUT2D eigenvalue weighted by atomic mass is 16.5. The SMILES string of the molecule is COc1cc2c(cc1O)[C@@H]1CCc3cc(CC(C)C)oc3CN1CC2. The average Bonchev–Trinajstić information content (AvgIpc) is 2.84. The first kappa shape index (κ1) is 16.5. The quantitative estimate of drug-likeness (QED) is 0.907. The molecule has 2 aliphatic rings. The maximum absolute atomic E-state index is 10.2. The zero-order valence-electron chi connectivity index (χ0n) is 15.3. The number of aromatic hydroxyl groups is 1. The van der Waals surface area contributed by atoms with E-state index in [2.05, 4.69) is 24.8 Å². The molecule has 0 aliphatic carbocycles. The van der Waals surface area contributed by atoms with Crippen molar-refractivity contribution >= 4 is 0 Å². The molecule has 1 atom stereocenters. The Morgan fingerprint density at radius 1 is 1.24 bits per heavy atom. The van der Waals surface area contributed by atoms with Crippen LogP contribution in [0, 0.1) is 5.92 Å². The Hall–Kier alpha value is -1.94. The summed E-state index contributed by atoms with van der Waals surface area (Å²) in [6, 6.07) is 6.52. The van der Waals surface area contributed by atoms with Crippen molar-refractivity contribution in [1.82, 2.24) is 4.90 Å². The minimum Gasteiger partial charge on any atom is -0.504 e. The molecule has 0 bridgehead atoms. The van der Waals surface area contributed by atoms with Crippen molar-refractivity contribution in [3.05, 3.63) is 46.4 Å². The van der Waals surface area contributed by atoms with E-state index in [0.29, 0.717) is 17.7 Å². The van der Waals surface area contributed by atoms with Gasteiger partial charge < -0.3 is 14.3 Å². The lowest BCUT2D eigenvalue weighted by Crippen LogP contribution is -2.34. The number of phenolic OH excluding ortho intramolecular Hbond substituents is 1. The number of phenols is 1. The maximum atomic E-state index is 10.2. The summed E-state index contributed by atoms with van der Waals surface area (Å²) in [6.07, 6.45) is 4.08. The van der Waals surface area contributed by atoms with Gasteiger partial charge in [-0.3, -0.25) is 4.90 Å². The summed E-state index contributed by atoms with van der Waals surface area (Å²) in [7, 11) is 1.61. The second kappa shape index (κ2) is 6.41. The van der Waals surface area contributed by atoms with Crippen molar-refractivity contribution < 1.29 is 14.3 Å². The molecule has 134 valence electrons. The highest BCUT2D eigenvalue weighted by Gasteiger charge is 2.32. The first-order valence-electron chi connectivity index (χ1n) is 9.29. The lowest BCUT2D eigenvalue weighted by Gasteiger charge is -2.36. The van der Waals surface area contributed by atoms with E-state index in [9.17, 15) is 5.11 Å². The minimum atomic E-state index is 0.239. The first-order chi connectivity index (χ1) is 12.0. The fraction of sp³-hybridized carbons (Fsp3) is 0.524. The topological polar surface area (TPSA) is 45.8 Å². The fourth-order valence-electron chi connectivity index (χ4n) is 4.31. The number of methoxy groups -OCH3 is 1. The van der Waals surface area contributed by atoms with Gasteiger partial charge in [0.1, 0.15) is 11.5 Å². The van der Waals surface area contributed by atoms with Crippen LogP contribution in [-0.2, 0) is 25.8 Å². The van der Waals surface area contributed by atoms with Gasteiger partial charge in [0, 0.05) is 19.0 Å². The van der Waals surface area contributed by atoms with Crippen LogP contribution in [0.5, 0.6) is 11.5 Å². The normalized spacial score (nSPS) is 19.9. The van der Waals surface area contributed by atoms with E-state index in [1.165, 1.54) is 16.7 Å². The van der Waals surface area contributed by atoms with Gasteiger partial charge in [0.25, 0.3) is 0 Å². The molecule has 4 heteroatoms. The van der Waals surface area contributed by atoms with Gasteiger partial charge in [-0.25, -0.2) is 0 Å². The third-order valence-electron chi connectivity index (χ3n) is 5.50. The number of aryl methyl sites for hydroxylation is 1. The van der Waals surface area contributed by atoms with E-state index in [1.807, 2.05) is 12.1 Å². The summed E-state index contributed by atoms with van der Waals surface area (Å²) in [5.41, 5.74) is 3.91. The lowest BCUT2D eigenvalue weighted by molar-refractivity contribution is 0.161. The second-order valence-corrected chi connectivity index (χ2v) is 7.76. The summed E-state index contributed by atoms with van der Waals surface area (Å²) in [6.45, 7) is 6.34. The third kappa shape index (κ3) is 3.04. The Balaban J connectivity index is 1.62. The van der Waals surface area contributed by atoms with Gasteiger partial charge in [-0.05, 0) is 60.1 Å². The molecule has 0 amide bonds. The van der Waals surface area contributed by atoms with Crippen molar-refractivity contribution in [2.75, 3.05) is 13.7 Å². The molecule has 0 saturated carbocycles. The van der Waals surface area contributed by atoms with Gasteiger partial charge in [-0.1, -0.05) is 13.8 Å². The number of rotatable bonds is 3. The summed E-state index contributed by atoms with van der Waals surface area (Å²) in [5, 5.41) is 10.2. The van der Waals surface area contributed by atoms with Crippen LogP contribution in [0.3, 0.4) is 0 Å². The molecule has 25 heavy (non-hydrogen) atoms. The van der Waals surface area contributed by atoms with E-state index in [4.69, 9.17) is 9.15 Å². The molecule has 0 spiro atoms. The average molecular weight is 341 g/mol. The summed E-state index contributed by atoms with van der Waals surface area (Å²) in [5.74, 6) is 3.69. The van der Waals surface area contributed by atoms with Gasteiger partial charge >= 0.3 is 0 Å². The van der Waals surface area contributed by atoms with Crippen molar-refractivity contribution in [2.45, 2.75) is 52.1 Å². The molecule has 2 aliphatic heterocycles. The number of nitrogens with zero attached hydrogens (tertiary/aromatic N) is 1. The molecule has 1 N–H and O–H groups in total. The van der Waals surface area contributed by atoms with Gasteiger partial charge in [0.05, 0.1) is 13.7 Å². The van der Waals surface area contributed by atoms with Crippen LogP contribution in [0.1, 0.15) is 54.5 Å². The Kier molecular flexibility index (Phi) is 4.24. The van der Waals surface area contributed by atoms with Gasteiger partial charge in [-0.15, -0.1) is 0 Å². The Labute approximate surface area is 149 Å². The Bertz CT molecular complexity index is 778.